The van der Waals surface area contributed by atoms with Crippen LogP contribution >= 0.6 is 0 Å². The van der Waals surface area contributed by atoms with Gasteiger partial charge >= 0.3 is 0 Å². The molecule has 0 unspecified atom stereocenters. The number of nitrogens with one attached hydrogen (secondary N) is 1. The van der Waals surface area contributed by atoms with Crippen molar-refractivity contribution in [3.05, 3.63) is 54.1 Å². The molecule has 1 atom stereocenters. The minimum Gasteiger partial charge on any atom is -0.494 e. The van der Waals surface area contributed by atoms with E-state index in [1.165, 1.54) is 24.9 Å². The summed E-state index contributed by atoms with van der Waals surface area (Å²) in [5.41, 5.74) is 2.65. The molecule has 0 bridgehead atoms. The first-order valence-corrected chi connectivity index (χ1v) is 10.1. The highest BCUT2D eigenvalue weighted by Crippen LogP contribution is 2.26. The molecular weight excluding hydrogens is 336 g/mol. The molecule has 2 aromatic rings. The monoisotopic (exact) mass is 366 g/mol. The lowest BCUT2D eigenvalue weighted by atomic mass is 10.0. The third kappa shape index (κ3) is 5.25. The summed E-state index contributed by atoms with van der Waals surface area (Å²) in [4.78, 5) is 15.0. The SMILES string of the molecule is CCCCOc1cccc(C(=O)Nc2ccc(N3CCCC[C@@H]3C)cc2)c1. The molecule has 2 aromatic carbocycles. The van der Waals surface area contributed by atoms with Gasteiger partial charge in [-0.05, 0) is 75.1 Å². The summed E-state index contributed by atoms with van der Waals surface area (Å²) >= 11 is 0. The highest BCUT2D eigenvalue weighted by atomic mass is 16.5. The van der Waals surface area contributed by atoms with Crippen molar-refractivity contribution in [1.29, 1.82) is 0 Å². The number of anilines is 2. The number of unbranched alkanes of at least 4 members (excludes halogenated alkanes) is 1. The zero-order valence-corrected chi connectivity index (χ0v) is 16.4. The molecule has 0 aliphatic carbocycles. The Morgan fingerprint density at radius 3 is 2.74 bits per heavy atom. The number of piperidine rings is 1. The van der Waals surface area contributed by atoms with Gasteiger partial charge in [-0.25, -0.2) is 0 Å². The highest BCUT2D eigenvalue weighted by molar-refractivity contribution is 6.04. The Hall–Kier alpha value is -2.49. The minimum absolute atomic E-state index is 0.116. The normalized spacial score (nSPS) is 16.8. The fourth-order valence-corrected chi connectivity index (χ4v) is 3.48. The Labute approximate surface area is 162 Å². The zero-order chi connectivity index (χ0) is 19.1. The molecule has 144 valence electrons. The predicted octanol–water partition coefficient (Wildman–Crippen LogP) is 5.50. The summed E-state index contributed by atoms with van der Waals surface area (Å²) in [5.74, 6) is 0.626. The maximum Gasteiger partial charge on any atom is 0.255 e. The Bertz CT molecular complexity index is 742. The number of carbonyl (C=O) groups excluding carboxylic acids is 1. The van der Waals surface area contributed by atoms with E-state index >= 15 is 0 Å². The summed E-state index contributed by atoms with van der Waals surface area (Å²) in [5, 5.41) is 2.98. The van der Waals surface area contributed by atoms with Gasteiger partial charge in [0.15, 0.2) is 0 Å². The van der Waals surface area contributed by atoms with E-state index in [-0.39, 0.29) is 5.91 Å². The van der Waals surface area contributed by atoms with Gasteiger partial charge in [0.25, 0.3) is 5.91 Å². The van der Waals surface area contributed by atoms with Crippen LogP contribution in [0.1, 0.15) is 56.3 Å². The van der Waals surface area contributed by atoms with Crippen LogP contribution in [0.2, 0.25) is 0 Å². The van der Waals surface area contributed by atoms with Gasteiger partial charge in [0.1, 0.15) is 5.75 Å². The molecule has 1 saturated heterocycles. The van der Waals surface area contributed by atoms with E-state index < -0.39 is 0 Å². The third-order valence-electron chi connectivity index (χ3n) is 5.12. The number of hydrogen-bond acceptors (Lipinski definition) is 3. The first-order chi connectivity index (χ1) is 13.2. The van der Waals surface area contributed by atoms with Crippen LogP contribution in [0, 0.1) is 0 Å². The van der Waals surface area contributed by atoms with E-state index in [2.05, 4.69) is 36.2 Å². The molecule has 0 spiro atoms. The molecule has 1 fully saturated rings. The van der Waals surface area contributed by atoms with Crippen LogP contribution in [0.4, 0.5) is 11.4 Å². The molecule has 1 heterocycles. The number of ether oxygens (including phenoxy) is 1. The Morgan fingerprint density at radius 2 is 2.00 bits per heavy atom. The smallest absolute Gasteiger partial charge is 0.255 e. The third-order valence-corrected chi connectivity index (χ3v) is 5.12. The van der Waals surface area contributed by atoms with Crippen LogP contribution in [0.25, 0.3) is 0 Å². The van der Waals surface area contributed by atoms with Crippen molar-refractivity contribution in [3.63, 3.8) is 0 Å². The van der Waals surface area contributed by atoms with Gasteiger partial charge in [-0.2, -0.15) is 0 Å². The van der Waals surface area contributed by atoms with Crippen LogP contribution in [0.15, 0.2) is 48.5 Å². The average molecular weight is 367 g/mol. The summed E-state index contributed by atoms with van der Waals surface area (Å²) in [6.07, 6.45) is 5.91. The molecule has 4 nitrogen and oxygen atoms in total. The van der Waals surface area contributed by atoms with Crippen LogP contribution < -0.4 is 15.0 Å². The van der Waals surface area contributed by atoms with E-state index in [9.17, 15) is 4.79 Å². The number of carbonyl (C=O) groups is 1. The second-order valence-corrected chi connectivity index (χ2v) is 7.27. The van der Waals surface area contributed by atoms with Crippen molar-refractivity contribution in [1.82, 2.24) is 0 Å². The van der Waals surface area contributed by atoms with Gasteiger partial charge in [0.2, 0.25) is 0 Å². The van der Waals surface area contributed by atoms with Crippen molar-refractivity contribution in [2.75, 3.05) is 23.4 Å². The van der Waals surface area contributed by atoms with Crippen LogP contribution in [0.5, 0.6) is 5.75 Å². The van der Waals surface area contributed by atoms with Crippen molar-refractivity contribution in [2.45, 2.75) is 52.0 Å². The van der Waals surface area contributed by atoms with Crippen molar-refractivity contribution in [2.24, 2.45) is 0 Å². The average Bonchev–Trinajstić information content (AvgIpc) is 2.69. The van der Waals surface area contributed by atoms with E-state index in [1.54, 1.807) is 6.07 Å². The Balaban J connectivity index is 1.61. The standard InChI is InChI=1S/C23H30N2O2/c1-3-4-16-27-22-10-7-9-19(17-22)23(26)24-20-11-13-21(14-12-20)25-15-6-5-8-18(25)2/h7,9-14,17-18H,3-6,8,15-16H2,1-2H3,(H,24,26)/t18-/m0/s1. The summed E-state index contributed by atoms with van der Waals surface area (Å²) in [7, 11) is 0. The van der Waals surface area contributed by atoms with Crippen molar-refractivity contribution < 1.29 is 9.53 Å². The largest absolute Gasteiger partial charge is 0.494 e. The Kier molecular flexibility index (Phi) is 6.74. The number of rotatable bonds is 7. The maximum atomic E-state index is 12.6. The van der Waals surface area contributed by atoms with Gasteiger partial charge < -0.3 is 15.0 Å². The highest BCUT2D eigenvalue weighted by Gasteiger charge is 2.18. The fourth-order valence-electron chi connectivity index (χ4n) is 3.48. The quantitative estimate of drug-likeness (QED) is 0.658. The van der Waals surface area contributed by atoms with E-state index in [4.69, 9.17) is 4.74 Å². The van der Waals surface area contributed by atoms with E-state index in [0.717, 1.165) is 30.8 Å². The lowest BCUT2D eigenvalue weighted by molar-refractivity contribution is 0.102. The molecule has 1 amide bonds. The maximum absolute atomic E-state index is 12.6. The first-order valence-electron chi connectivity index (χ1n) is 10.1. The molecule has 1 aliphatic rings. The Morgan fingerprint density at radius 1 is 1.19 bits per heavy atom. The second-order valence-electron chi connectivity index (χ2n) is 7.27. The molecule has 3 rings (SSSR count). The fraction of sp³-hybridized carbons (Fsp3) is 0.435. The summed E-state index contributed by atoms with van der Waals surface area (Å²) in [6.45, 7) is 6.20. The van der Waals surface area contributed by atoms with E-state index in [0.29, 0.717) is 18.2 Å². The number of nitrogens with zero attached hydrogens (tertiary/aromatic N) is 1. The lowest BCUT2D eigenvalue weighted by Crippen LogP contribution is -2.37. The van der Waals surface area contributed by atoms with E-state index in [1.807, 2.05) is 30.3 Å². The molecule has 0 saturated carbocycles. The number of hydrogen-bond donors (Lipinski definition) is 1. The van der Waals surface area contributed by atoms with Crippen LogP contribution in [-0.2, 0) is 0 Å². The topological polar surface area (TPSA) is 41.6 Å². The second kappa shape index (κ2) is 9.45. The zero-order valence-electron chi connectivity index (χ0n) is 16.4. The molecule has 4 heteroatoms. The van der Waals surface area contributed by atoms with Crippen LogP contribution in [-0.4, -0.2) is 25.1 Å². The molecule has 27 heavy (non-hydrogen) atoms. The summed E-state index contributed by atoms with van der Waals surface area (Å²) < 4.78 is 5.69. The minimum atomic E-state index is -0.116. The van der Waals surface area contributed by atoms with Crippen molar-refractivity contribution >= 4 is 17.3 Å². The van der Waals surface area contributed by atoms with Gasteiger partial charge in [-0.3, -0.25) is 4.79 Å². The van der Waals surface area contributed by atoms with Gasteiger partial charge in [-0.15, -0.1) is 0 Å². The summed E-state index contributed by atoms with van der Waals surface area (Å²) in [6, 6.07) is 16.1. The van der Waals surface area contributed by atoms with Gasteiger partial charge in [-0.1, -0.05) is 19.4 Å². The number of benzene rings is 2. The van der Waals surface area contributed by atoms with Gasteiger partial charge in [0.05, 0.1) is 6.61 Å². The molecule has 0 radical (unpaired) electrons. The van der Waals surface area contributed by atoms with Crippen molar-refractivity contribution in [3.8, 4) is 5.75 Å². The first kappa shape index (κ1) is 19.3. The van der Waals surface area contributed by atoms with Crippen LogP contribution in [0.3, 0.4) is 0 Å². The molecule has 0 aromatic heterocycles. The molecule has 1 aliphatic heterocycles. The number of amides is 1. The molecule has 1 N–H and O–H groups in total. The predicted molar refractivity (Wildman–Crippen MR) is 112 cm³/mol. The lowest BCUT2D eigenvalue weighted by Gasteiger charge is -2.35. The molecular formula is C23H30N2O2. The van der Waals surface area contributed by atoms with Gasteiger partial charge in [0, 0.05) is 29.5 Å².